The molecular weight excluding hydrogens is 534 g/mol. The van der Waals surface area contributed by atoms with Crippen molar-refractivity contribution in [2.45, 2.75) is 12.7 Å². The molecule has 8 nitrogen and oxygen atoms in total. The number of carbonyl (C=O) groups is 1. The first-order valence-electron chi connectivity index (χ1n) is 10.5. The minimum atomic E-state index is -4.94. The van der Waals surface area contributed by atoms with E-state index >= 15 is 0 Å². The van der Waals surface area contributed by atoms with Gasteiger partial charge in [0, 0.05) is 33.7 Å². The number of ketones is 1. The predicted molar refractivity (Wildman–Crippen MR) is 128 cm³/mol. The fourth-order valence-corrected chi connectivity index (χ4v) is 4.39. The highest BCUT2D eigenvalue weighted by Gasteiger charge is 2.42. The Morgan fingerprint density at radius 2 is 1.95 bits per heavy atom. The van der Waals surface area contributed by atoms with Crippen molar-refractivity contribution in [2.75, 3.05) is 7.11 Å². The number of aromatic nitrogens is 5. The molecule has 0 aliphatic carbocycles. The molecule has 0 N–H and O–H groups in total. The number of methoxy groups -OCH3 is 1. The summed E-state index contributed by atoms with van der Waals surface area (Å²) in [5.41, 5.74) is -1.14. The van der Waals surface area contributed by atoms with Gasteiger partial charge < -0.3 is 13.8 Å². The van der Waals surface area contributed by atoms with E-state index in [0.717, 1.165) is 4.57 Å². The maximum Gasteiger partial charge on any atom is 0.432 e. The molecule has 0 radical (unpaired) electrons. The Balaban J connectivity index is 1.73. The lowest BCUT2D eigenvalue weighted by Crippen LogP contribution is -2.19. The molecule has 0 aliphatic rings. The van der Waals surface area contributed by atoms with Gasteiger partial charge in [0.25, 0.3) is 11.7 Å². The standard InChI is InChI=1S/C24H14Cl2F3N5O3/c1-36-14-4-5-18-15(9-14)19(20(35)23-32-22(33-37-23)17-6-7-30-11-31-17)21(24(27,28)29)34(18)10-12-2-3-13(25)8-16(12)26/h2-9,11H,10H2,1H3. The molecule has 5 aromatic rings. The minimum Gasteiger partial charge on any atom is -0.497 e. The molecular formula is C24H14Cl2F3N5O3. The quantitative estimate of drug-likeness (QED) is 0.237. The predicted octanol–water partition coefficient (Wildman–Crippen LogP) is 6.09. The highest BCUT2D eigenvalue weighted by Crippen LogP contribution is 2.41. The van der Waals surface area contributed by atoms with Gasteiger partial charge in [0.1, 0.15) is 23.5 Å². The van der Waals surface area contributed by atoms with Crippen LogP contribution in [0, 0.1) is 0 Å². The number of fused-ring (bicyclic) bond motifs is 1. The molecule has 0 fully saturated rings. The zero-order valence-corrected chi connectivity index (χ0v) is 20.3. The SMILES string of the molecule is COc1ccc2c(c1)c(C(=O)c1nc(-c3ccncn3)no1)c(C(F)(F)F)n2Cc1ccc(Cl)cc1Cl. The Kier molecular flexibility index (Phi) is 6.34. The smallest absolute Gasteiger partial charge is 0.432 e. The van der Waals surface area contributed by atoms with Crippen LogP contribution < -0.4 is 4.74 Å². The molecule has 0 unspecified atom stereocenters. The van der Waals surface area contributed by atoms with Crippen molar-refractivity contribution in [3.8, 4) is 17.3 Å². The van der Waals surface area contributed by atoms with E-state index in [-0.39, 0.29) is 39.7 Å². The number of hydrogen-bond donors (Lipinski definition) is 0. The summed E-state index contributed by atoms with van der Waals surface area (Å²) in [5.74, 6) is -1.57. The molecule has 0 saturated carbocycles. The molecule has 0 atom stereocenters. The van der Waals surface area contributed by atoms with Crippen molar-refractivity contribution in [3.05, 3.63) is 87.7 Å². The first kappa shape index (κ1) is 24.7. The van der Waals surface area contributed by atoms with E-state index in [1.165, 1.54) is 62.1 Å². The second-order valence-corrected chi connectivity index (χ2v) is 8.62. The van der Waals surface area contributed by atoms with E-state index in [1.807, 2.05) is 0 Å². The molecule has 13 heteroatoms. The number of hydrogen-bond acceptors (Lipinski definition) is 7. The fraction of sp³-hybridized carbons (Fsp3) is 0.125. The van der Waals surface area contributed by atoms with Gasteiger partial charge in [-0.25, -0.2) is 9.97 Å². The van der Waals surface area contributed by atoms with Gasteiger partial charge in [-0.1, -0.05) is 34.4 Å². The monoisotopic (exact) mass is 547 g/mol. The van der Waals surface area contributed by atoms with Gasteiger partial charge in [-0.15, -0.1) is 0 Å². The first-order valence-corrected chi connectivity index (χ1v) is 11.3. The largest absolute Gasteiger partial charge is 0.497 e. The van der Waals surface area contributed by atoms with Gasteiger partial charge in [-0.2, -0.15) is 18.2 Å². The number of benzene rings is 2. The number of carbonyl (C=O) groups excluding carboxylic acids is 1. The average molecular weight is 548 g/mol. The average Bonchev–Trinajstić information content (AvgIpc) is 3.49. The summed E-state index contributed by atoms with van der Waals surface area (Å²) in [6.45, 7) is -0.295. The van der Waals surface area contributed by atoms with Gasteiger partial charge in [-0.3, -0.25) is 4.79 Å². The van der Waals surface area contributed by atoms with E-state index in [1.54, 1.807) is 0 Å². The lowest BCUT2D eigenvalue weighted by atomic mass is 10.1. The third-order valence-electron chi connectivity index (χ3n) is 5.54. The van der Waals surface area contributed by atoms with Crippen LogP contribution in [-0.2, 0) is 12.7 Å². The molecule has 0 spiro atoms. The number of halogens is 5. The normalized spacial score (nSPS) is 11.7. The number of ether oxygens (including phenoxy) is 1. The Labute approximate surface area is 216 Å². The topological polar surface area (TPSA) is 95.9 Å². The van der Waals surface area contributed by atoms with Crippen molar-refractivity contribution in [3.63, 3.8) is 0 Å². The van der Waals surface area contributed by atoms with Crippen molar-refractivity contribution in [1.29, 1.82) is 0 Å². The fourth-order valence-electron chi connectivity index (χ4n) is 3.92. The van der Waals surface area contributed by atoms with Crippen LogP contribution in [0.2, 0.25) is 10.0 Å². The zero-order valence-electron chi connectivity index (χ0n) is 18.8. The lowest BCUT2D eigenvalue weighted by molar-refractivity contribution is -0.143. The molecule has 5 rings (SSSR count). The van der Waals surface area contributed by atoms with Crippen LogP contribution in [0.5, 0.6) is 5.75 Å². The van der Waals surface area contributed by atoms with E-state index in [9.17, 15) is 18.0 Å². The minimum absolute atomic E-state index is 0.0106. The summed E-state index contributed by atoms with van der Waals surface area (Å²) in [6.07, 6.45) is -2.29. The summed E-state index contributed by atoms with van der Waals surface area (Å²) in [5, 5.41) is 4.19. The Hall–Kier alpha value is -3.96. The Bertz CT molecular complexity index is 1630. The second-order valence-electron chi connectivity index (χ2n) is 7.77. The van der Waals surface area contributed by atoms with Gasteiger partial charge in [0.2, 0.25) is 5.82 Å². The summed E-state index contributed by atoms with van der Waals surface area (Å²) in [6, 6.07) is 10.2. The second kappa shape index (κ2) is 9.49. The first-order chi connectivity index (χ1) is 17.7. The van der Waals surface area contributed by atoms with Crippen LogP contribution in [0.1, 0.15) is 27.5 Å². The third-order valence-corrected chi connectivity index (χ3v) is 6.13. The molecule has 188 valence electrons. The van der Waals surface area contributed by atoms with Crippen molar-refractivity contribution in [1.82, 2.24) is 24.7 Å². The van der Waals surface area contributed by atoms with Crippen LogP contribution in [-0.4, -0.2) is 37.6 Å². The molecule has 2 aromatic carbocycles. The van der Waals surface area contributed by atoms with Crippen LogP contribution >= 0.6 is 23.2 Å². The van der Waals surface area contributed by atoms with Crippen molar-refractivity contribution in [2.24, 2.45) is 0 Å². The van der Waals surface area contributed by atoms with Crippen LogP contribution in [0.4, 0.5) is 13.2 Å². The van der Waals surface area contributed by atoms with Crippen LogP contribution in [0.3, 0.4) is 0 Å². The van der Waals surface area contributed by atoms with E-state index in [4.69, 9.17) is 32.5 Å². The Morgan fingerprint density at radius 3 is 2.62 bits per heavy atom. The summed E-state index contributed by atoms with van der Waals surface area (Å²) in [7, 11) is 1.36. The number of alkyl halides is 3. The lowest BCUT2D eigenvalue weighted by Gasteiger charge is -2.15. The van der Waals surface area contributed by atoms with Crippen molar-refractivity contribution < 1.29 is 27.2 Å². The molecule has 0 saturated heterocycles. The molecule has 0 amide bonds. The van der Waals surface area contributed by atoms with Gasteiger partial charge >= 0.3 is 6.18 Å². The number of rotatable bonds is 6. The highest BCUT2D eigenvalue weighted by molar-refractivity contribution is 6.35. The summed E-state index contributed by atoms with van der Waals surface area (Å²) < 4.78 is 55.0. The highest BCUT2D eigenvalue weighted by atomic mass is 35.5. The van der Waals surface area contributed by atoms with Crippen LogP contribution in [0.15, 0.2) is 59.5 Å². The molecule has 0 aliphatic heterocycles. The summed E-state index contributed by atoms with van der Waals surface area (Å²) >= 11 is 12.2. The molecule has 3 heterocycles. The van der Waals surface area contributed by atoms with E-state index < -0.39 is 29.1 Å². The molecule has 0 bridgehead atoms. The van der Waals surface area contributed by atoms with Gasteiger partial charge in [0.15, 0.2) is 0 Å². The van der Waals surface area contributed by atoms with Gasteiger partial charge in [0.05, 0.1) is 12.7 Å². The van der Waals surface area contributed by atoms with Crippen LogP contribution in [0.25, 0.3) is 22.4 Å². The van der Waals surface area contributed by atoms with E-state index in [0.29, 0.717) is 10.6 Å². The maximum absolute atomic E-state index is 14.6. The maximum atomic E-state index is 14.6. The Morgan fingerprint density at radius 1 is 1.14 bits per heavy atom. The zero-order chi connectivity index (χ0) is 26.3. The molecule has 37 heavy (non-hydrogen) atoms. The van der Waals surface area contributed by atoms with Gasteiger partial charge in [-0.05, 0) is 42.0 Å². The summed E-state index contributed by atoms with van der Waals surface area (Å²) in [4.78, 5) is 25.2. The van der Waals surface area contributed by atoms with Crippen molar-refractivity contribution >= 4 is 39.9 Å². The number of nitrogens with zero attached hydrogens (tertiary/aromatic N) is 5. The third kappa shape index (κ3) is 4.63. The van der Waals surface area contributed by atoms with E-state index in [2.05, 4.69) is 20.1 Å². The molecule has 3 aromatic heterocycles.